The lowest BCUT2D eigenvalue weighted by Crippen LogP contribution is -2.82. The van der Waals surface area contributed by atoms with E-state index in [9.17, 15) is 4.79 Å². The molecule has 0 aromatic heterocycles. The first-order chi connectivity index (χ1) is 9.41. The van der Waals surface area contributed by atoms with Crippen LogP contribution in [0.3, 0.4) is 0 Å². The van der Waals surface area contributed by atoms with Crippen LogP contribution in [-0.4, -0.2) is 53.9 Å². The Morgan fingerprint density at radius 2 is 2.30 bits per heavy atom. The van der Waals surface area contributed by atoms with Gasteiger partial charge in [-0.05, 0) is 12.8 Å². The molecule has 5 nitrogen and oxygen atoms in total. The molecule has 1 aliphatic heterocycles. The number of nitrogens with two attached hydrogens (primary N) is 1. The number of fused-ring (bicyclic) bond motifs is 1. The van der Waals surface area contributed by atoms with E-state index in [-0.39, 0.29) is 36.5 Å². The molecule has 2 aliphatic rings. The van der Waals surface area contributed by atoms with Crippen molar-refractivity contribution in [2.45, 2.75) is 38.3 Å². The van der Waals surface area contributed by atoms with Gasteiger partial charge in [0, 0.05) is 31.0 Å². The molecule has 3 atom stereocenters. The summed E-state index contributed by atoms with van der Waals surface area (Å²) in [5.41, 5.74) is 5.26. The molecule has 1 saturated carbocycles. The van der Waals surface area contributed by atoms with Crippen molar-refractivity contribution in [1.82, 2.24) is 4.90 Å². The van der Waals surface area contributed by atoms with Gasteiger partial charge in [-0.1, -0.05) is 19.9 Å². The molecule has 114 valence electrons. The number of amides is 1. The van der Waals surface area contributed by atoms with E-state index in [1.807, 2.05) is 13.8 Å². The molecule has 0 spiro atoms. The molecule has 1 heterocycles. The van der Waals surface area contributed by atoms with E-state index in [1.54, 1.807) is 11.0 Å². The Kier molecular flexibility index (Phi) is 4.23. The Balaban J connectivity index is 2.23. The van der Waals surface area contributed by atoms with Crippen LogP contribution >= 0.6 is 0 Å². The molecule has 3 N–H and O–H groups in total. The number of carbonyl (C=O) groups excluding carboxylic acids is 1. The van der Waals surface area contributed by atoms with Gasteiger partial charge in [0.15, 0.2) is 0 Å². The maximum atomic E-state index is 12.9. The normalized spacial score (nSPS) is 34.8. The van der Waals surface area contributed by atoms with Gasteiger partial charge in [-0.3, -0.25) is 4.79 Å². The van der Waals surface area contributed by atoms with Crippen LogP contribution in [0.5, 0.6) is 0 Å². The highest BCUT2D eigenvalue weighted by atomic mass is 16.5. The Labute approximate surface area is 120 Å². The maximum Gasteiger partial charge on any atom is 0.244 e. The summed E-state index contributed by atoms with van der Waals surface area (Å²) >= 11 is 0. The molecule has 1 aliphatic carbocycles. The predicted octanol–water partition coefficient (Wildman–Crippen LogP) is 0.526. The van der Waals surface area contributed by atoms with E-state index in [4.69, 9.17) is 15.6 Å². The number of aliphatic hydroxyl groups excluding tert-OH is 1. The van der Waals surface area contributed by atoms with Crippen LogP contribution in [0.25, 0.3) is 0 Å². The van der Waals surface area contributed by atoms with E-state index in [1.165, 1.54) is 0 Å². The van der Waals surface area contributed by atoms with Crippen molar-refractivity contribution in [2.24, 2.45) is 17.1 Å². The second kappa shape index (κ2) is 5.47. The average Bonchev–Trinajstić information content (AvgIpc) is 2.45. The van der Waals surface area contributed by atoms with Gasteiger partial charge in [0.25, 0.3) is 0 Å². The largest absolute Gasteiger partial charge is 0.395 e. The molecule has 0 radical (unpaired) electrons. The Hall–Kier alpha value is -0.910. The third kappa shape index (κ3) is 2.00. The van der Waals surface area contributed by atoms with E-state index >= 15 is 0 Å². The quantitative estimate of drug-likeness (QED) is 0.721. The third-order valence-corrected chi connectivity index (χ3v) is 5.05. The summed E-state index contributed by atoms with van der Waals surface area (Å²) in [5.74, 6) is -0.0204. The lowest BCUT2D eigenvalue weighted by Gasteiger charge is -2.65. The van der Waals surface area contributed by atoms with Gasteiger partial charge in [0.05, 0.1) is 12.7 Å². The summed E-state index contributed by atoms with van der Waals surface area (Å²) in [6.45, 7) is 9.05. The van der Waals surface area contributed by atoms with Crippen LogP contribution in [-0.2, 0) is 9.53 Å². The first-order valence-corrected chi connectivity index (χ1v) is 7.32. The fraction of sp³-hybridized carbons (Fsp3) is 0.800. The van der Waals surface area contributed by atoms with Crippen LogP contribution in [0.4, 0.5) is 0 Å². The van der Waals surface area contributed by atoms with Crippen molar-refractivity contribution < 1.29 is 14.6 Å². The van der Waals surface area contributed by atoms with E-state index < -0.39 is 5.54 Å². The Bertz CT molecular complexity index is 397. The van der Waals surface area contributed by atoms with Crippen molar-refractivity contribution in [1.29, 1.82) is 0 Å². The van der Waals surface area contributed by atoms with Crippen LogP contribution in [0.15, 0.2) is 12.7 Å². The van der Waals surface area contributed by atoms with Crippen molar-refractivity contribution in [3.05, 3.63) is 12.7 Å². The van der Waals surface area contributed by atoms with Crippen molar-refractivity contribution >= 4 is 5.91 Å². The van der Waals surface area contributed by atoms with E-state index in [0.717, 1.165) is 19.4 Å². The number of nitrogens with zero attached hydrogens (tertiary/aromatic N) is 1. The number of rotatable bonds is 5. The Morgan fingerprint density at radius 3 is 2.90 bits per heavy atom. The molecule has 0 aromatic carbocycles. The van der Waals surface area contributed by atoms with Gasteiger partial charge < -0.3 is 20.5 Å². The summed E-state index contributed by atoms with van der Waals surface area (Å²) in [7, 11) is 0. The number of aliphatic hydroxyl groups is 1. The monoisotopic (exact) mass is 282 g/mol. The fourth-order valence-corrected chi connectivity index (χ4v) is 3.82. The highest BCUT2D eigenvalue weighted by Gasteiger charge is 2.70. The second-order valence-corrected chi connectivity index (χ2v) is 6.39. The zero-order chi connectivity index (χ0) is 15.0. The Morgan fingerprint density at radius 1 is 1.60 bits per heavy atom. The van der Waals surface area contributed by atoms with Gasteiger partial charge in [-0.25, -0.2) is 0 Å². The summed E-state index contributed by atoms with van der Waals surface area (Å²) in [4.78, 5) is 14.5. The van der Waals surface area contributed by atoms with Crippen LogP contribution in [0.2, 0.25) is 0 Å². The second-order valence-electron chi connectivity index (χ2n) is 6.39. The first-order valence-electron chi connectivity index (χ1n) is 7.32. The van der Waals surface area contributed by atoms with Gasteiger partial charge in [0.1, 0.15) is 5.54 Å². The number of carbonyl (C=O) groups is 1. The number of ether oxygens (including phenoxy) is 1. The molecular weight excluding hydrogens is 256 g/mol. The summed E-state index contributed by atoms with van der Waals surface area (Å²) < 4.78 is 5.82. The van der Waals surface area contributed by atoms with Gasteiger partial charge >= 0.3 is 0 Å². The van der Waals surface area contributed by atoms with Crippen molar-refractivity contribution in [3.63, 3.8) is 0 Å². The molecule has 3 unspecified atom stereocenters. The SMILES string of the molecule is C=CCN(CCO)C(=O)C1(N)C2CCCOC2C1(C)C. The number of hydrogen-bond acceptors (Lipinski definition) is 4. The zero-order valence-corrected chi connectivity index (χ0v) is 12.5. The molecule has 1 saturated heterocycles. The van der Waals surface area contributed by atoms with Gasteiger partial charge in [-0.2, -0.15) is 0 Å². The molecule has 5 heteroatoms. The number of hydrogen-bond donors (Lipinski definition) is 2. The molecule has 0 bridgehead atoms. The topological polar surface area (TPSA) is 75.8 Å². The van der Waals surface area contributed by atoms with E-state index in [2.05, 4.69) is 6.58 Å². The van der Waals surface area contributed by atoms with Crippen LogP contribution in [0.1, 0.15) is 26.7 Å². The molecule has 1 amide bonds. The maximum absolute atomic E-state index is 12.9. The lowest BCUT2D eigenvalue weighted by atomic mass is 9.46. The van der Waals surface area contributed by atoms with Gasteiger partial charge in [-0.15, -0.1) is 6.58 Å². The third-order valence-electron chi connectivity index (χ3n) is 5.05. The highest BCUT2D eigenvalue weighted by molar-refractivity contribution is 5.89. The molecular formula is C15H26N2O3. The minimum atomic E-state index is -0.906. The molecule has 20 heavy (non-hydrogen) atoms. The standard InChI is InChI=1S/C15H26N2O3/c1-4-7-17(8-9-18)13(19)15(16)11-6-5-10-20-12(11)14(15,2)3/h4,11-12,18H,1,5-10,16H2,2-3H3. The fourth-order valence-electron chi connectivity index (χ4n) is 3.82. The zero-order valence-electron chi connectivity index (χ0n) is 12.5. The van der Waals surface area contributed by atoms with Crippen LogP contribution < -0.4 is 5.73 Å². The lowest BCUT2D eigenvalue weighted by molar-refractivity contribution is -0.230. The first kappa shape index (κ1) is 15.5. The molecule has 2 rings (SSSR count). The summed E-state index contributed by atoms with van der Waals surface area (Å²) in [5, 5.41) is 9.14. The molecule has 0 aromatic rings. The summed E-state index contributed by atoms with van der Waals surface area (Å²) in [6, 6.07) is 0. The van der Waals surface area contributed by atoms with Crippen LogP contribution in [0, 0.1) is 11.3 Å². The average molecular weight is 282 g/mol. The van der Waals surface area contributed by atoms with Gasteiger partial charge in [0.2, 0.25) is 5.91 Å². The summed E-state index contributed by atoms with van der Waals surface area (Å²) in [6.07, 6.45) is 3.60. The van der Waals surface area contributed by atoms with Crippen molar-refractivity contribution in [3.8, 4) is 0 Å². The molecule has 2 fully saturated rings. The van der Waals surface area contributed by atoms with Crippen molar-refractivity contribution in [2.75, 3.05) is 26.3 Å². The predicted molar refractivity (Wildman–Crippen MR) is 77.0 cm³/mol. The minimum absolute atomic E-state index is 0.0601. The smallest absolute Gasteiger partial charge is 0.244 e. The van der Waals surface area contributed by atoms with E-state index in [0.29, 0.717) is 6.54 Å². The minimum Gasteiger partial charge on any atom is -0.395 e. The highest BCUT2D eigenvalue weighted by Crippen LogP contribution is 2.57.